The zero-order chi connectivity index (χ0) is 7.40. The maximum absolute atomic E-state index is 9.98. The van der Waals surface area contributed by atoms with E-state index in [4.69, 9.17) is 0 Å². The number of rotatable bonds is 2. The Morgan fingerprint density at radius 1 is 1.70 bits per heavy atom. The molecular weight excluding hydrogens is 132 g/mol. The molecule has 2 atom stereocenters. The summed E-state index contributed by atoms with van der Waals surface area (Å²) in [4.78, 5) is 9.98. The molecule has 3 N–H and O–H groups in total. The van der Waals surface area contributed by atoms with E-state index in [0.29, 0.717) is 13.0 Å². The van der Waals surface area contributed by atoms with Crippen LogP contribution in [0.4, 0.5) is 0 Å². The number of β-amino-alcohol motifs (C(OH)–C–C–N with tert-alkyl or cyclic N) is 1. The molecule has 0 unspecified atom stereocenters. The Balaban J connectivity index is 2.32. The molecule has 1 fully saturated rings. The summed E-state index contributed by atoms with van der Waals surface area (Å²) < 4.78 is 0. The van der Waals surface area contributed by atoms with Crippen LogP contribution in [0.5, 0.6) is 0 Å². The maximum atomic E-state index is 9.98. The Bertz CT molecular complexity index is 118. The van der Waals surface area contributed by atoms with E-state index >= 15 is 0 Å². The van der Waals surface area contributed by atoms with Crippen LogP contribution in [-0.2, 0) is 4.79 Å². The van der Waals surface area contributed by atoms with Gasteiger partial charge in [-0.1, -0.05) is 0 Å². The van der Waals surface area contributed by atoms with Gasteiger partial charge in [-0.2, -0.15) is 0 Å². The Morgan fingerprint density at radius 2 is 2.50 bits per heavy atom. The van der Waals surface area contributed by atoms with Crippen molar-refractivity contribution in [3.8, 4) is 0 Å². The van der Waals surface area contributed by atoms with Gasteiger partial charge in [0.15, 0.2) is 0 Å². The Morgan fingerprint density at radius 3 is 3.10 bits per heavy atom. The Kier molecular flexibility index (Phi) is 2.65. The van der Waals surface area contributed by atoms with Crippen LogP contribution >= 0.6 is 0 Å². The van der Waals surface area contributed by atoms with Crippen molar-refractivity contribution >= 4 is 6.41 Å². The second-order valence-electron chi connectivity index (χ2n) is 2.45. The molecule has 10 heavy (non-hydrogen) atoms. The van der Waals surface area contributed by atoms with E-state index in [2.05, 4.69) is 10.6 Å². The number of hydrogen-bond donors (Lipinski definition) is 3. The van der Waals surface area contributed by atoms with Crippen LogP contribution in [0.15, 0.2) is 0 Å². The van der Waals surface area contributed by atoms with E-state index in [1.54, 1.807) is 0 Å². The molecular formula is C6H12N2O2. The van der Waals surface area contributed by atoms with Crippen LogP contribution in [-0.4, -0.2) is 36.8 Å². The fraction of sp³-hybridized carbons (Fsp3) is 0.833. The number of aliphatic hydroxyl groups excluding tert-OH is 1. The summed E-state index contributed by atoms with van der Waals surface area (Å²) >= 11 is 0. The molecule has 0 saturated carbocycles. The molecule has 1 aliphatic heterocycles. The van der Waals surface area contributed by atoms with Gasteiger partial charge in [0.1, 0.15) is 0 Å². The van der Waals surface area contributed by atoms with Crippen molar-refractivity contribution in [3.63, 3.8) is 0 Å². The SMILES string of the molecule is O=CN[C@@H]1CCNC[C@@H]1O. The van der Waals surface area contributed by atoms with Gasteiger partial charge in [0.05, 0.1) is 12.1 Å². The molecule has 0 radical (unpaired) electrons. The van der Waals surface area contributed by atoms with Gasteiger partial charge in [0, 0.05) is 6.54 Å². The topological polar surface area (TPSA) is 61.4 Å². The number of piperidine rings is 1. The van der Waals surface area contributed by atoms with E-state index in [9.17, 15) is 9.90 Å². The molecule has 0 aliphatic carbocycles. The predicted octanol–water partition coefficient (Wildman–Crippen LogP) is -1.54. The average molecular weight is 144 g/mol. The lowest BCUT2D eigenvalue weighted by atomic mass is 10.0. The third-order valence-electron chi connectivity index (χ3n) is 1.73. The summed E-state index contributed by atoms with van der Waals surface area (Å²) in [5, 5.41) is 14.8. The molecule has 0 bridgehead atoms. The van der Waals surface area contributed by atoms with Gasteiger partial charge < -0.3 is 15.7 Å². The van der Waals surface area contributed by atoms with Crippen LogP contribution in [0.3, 0.4) is 0 Å². The highest BCUT2D eigenvalue weighted by atomic mass is 16.3. The van der Waals surface area contributed by atoms with Crippen molar-refractivity contribution in [2.75, 3.05) is 13.1 Å². The normalized spacial score (nSPS) is 33.3. The minimum absolute atomic E-state index is 0.0567. The second kappa shape index (κ2) is 3.53. The van der Waals surface area contributed by atoms with Crippen molar-refractivity contribution < 1.29 is 9.90 Å². The lowest BCUT2D eigenvalue weighted by Gasteiger charge is -2.27. The first-order chi connectivity index (χ1) is 4.84. The molecule has 1 rings (SSSR count). The van der Waals surface area contributed by atoms with Crippen molar-refractivity contribution in [2.45, 2.75) is 18.6 Å². The standard InChI is InChI=1S/C6H12N2O2/c9-4-8-5-1-2-7-3-6(5)10/h4-7,10H,1-3H2,(H,8,9)/t5-,6+/m1/s1. The fourth-order valence-electron chi connectivity index (χ4n) is 1.12. The number of aliphatic hydroxyl groups is 1. The summed E-state index contributed by atoms with van der Waals surface area (Å²) in [7, 11) is 0. The maximum Gasteiger partial charge on any atom is 0.207 e. The molecule has 0 aromatic heterocycles. The van der Waals surface area contributed by atoms with Crippen LogP contribution < -0.4 is 10.6 Å². The second-order valence-corrected chi connectivity index (χ2v) is 2.45. The van der Waals surface area contributed by atoms with Crippen LogP contribution in [0, 0.1) is 0 Å². The smallest absolute Gasteiger partial charge is 0.207 e. The lowest BCUT2D eigenvalue weighted by molar-refractivity contribution is -0.111. The number of amides is 1. The lowest BCUT2D eigenvalue weighted by Crippen LogP contribution is -2.50. The molecule has 1 aliphatic rings. The predicted molar refractivity (Wildman–Crippen MR) is 36.5 cm³/mol. The summed E-state index contributed by atoms with van der Waals surface area (Å²) in [6.45, 7) is 1.44. The minimum atomic E-state index is -0.432. The van der Waals surface area contributed by atoms with E-state index in [-0.39, 0.29) is 6.04 Å². The monoisotopic (exact) mass is 144 g/mol. The molecule has 1 saturated heterocycles. The van der Waals surface area contributed by atoms with E-state index in [1.807, 2.05) is 0 Å². The summed E-state index contributed by atoms with van der Waals surface area (Å²) in [6.07, 6.45) is 1.01. The number of nitrogens with one attached hydrogen (secondary N) is 2. The first-order valence-corrected chi connectivity index (χ1v) is 3.43. The summed E-state index contributed by atoms with van der Waals surface area (Å²) in [5.74, 6) is 0. The van der Waals surface area contributed by atoms with Gasteiger partial charge in [-0.25, -0.2) is 0 Å². The van der Waals surface area contributed by atoms with Gasteiger partial charge >= 0.3 is 0 Å². The largest absolute Gasteiger partial charge is 0.390 e. The van der Waals surface area contributed by atoms with Crippen molar-refractivity contribution in [2.24, 2.45) is 0 Å². The van der Waals surface area contributed by atoms with Gasteiger partial charge in [-0.15, -0.1) is 0 Å². The van der Waals surface area contributed by atoms with E-state index in [1.165, 1.54) is 0 Å². The van der Waals surface area contributed by atoms with Crippen molar-refractivity contribution in [3.05, 3.63) is 0 Å². The van der Waals surface area contributed by atoms with Crippen molar-refractivity contribution in [1.29, 1.82) is 0 Å². The molecule has 0 spiro atoms. The zero-order valence-electron chi connectivity index (χ0n) is 5.71. The average Bonchev–Trinajstić information content (AvgIpc) is 1.94. The molecule has 4 nitrogen and oxygen atoms in total. The first kappa shape index (κ1) is 7.50. The zero-order valence-corrected chi connectivity index (χ0v) is 5.71. The first-order valence-electron chi connectivity index (χ1n) is 3.43. The van der Waals surface area contributed by atoms with Crippen molar-refractivity contribution in [1.82, 2.24) is 10.6 Å². The molecule has 1 amide bonds. The molecule has 58 valence electrons. The number of hydrogen-bond acceptors (Lipinski definition) is 3. The van der Waals surface area contributed by atoms with Gasteiger partial charge in [0.2, 0.25) is 6.41 Å². The number of carbonyl (C=O) groups is 1. The van der Waals surface area contributed by atoms with Crippen LogP contribution in [0.1, 0.15) is 6.42 Å². The van der Waals surface area contributed by atoms with Crippen LogP contribution in [0.2, 0.25) is 0 Å². The quantitative estimate of drug-likeness (QED) is 0.411. The number of carbonyl (C=O) groups excluding carboxylic acids is 1. The highest BCUT2D eigenvalue weighted by Crippen LogP contribution is 2.01. The van der Waals surface area contributed by atoms with E-state index < -0.39 is 6.10 Å². The van der Waals surface area contributed by atoms with Gasteiger partial charge in [0.25, 0.3) is 0 Å². The summed E-state index contributed by atoms with van der Waals surface area (Å²) in [6, 6.07) is -0.0567. The van der Waals surface area contributed by atoms with E-state index in [0.717, 1.165) is 13.0 Å². The Hall–Kier alpha value is -0.610. The minimum Gasteiger partial charge on any atom is -0.390 e. The van der Waals surface area contributed by atoms with Gasteiger partial charge in [-0.05, 0) is 13.0 Å². The third-order valence-corrected chi connectivity index (χ3v) is 1.73. The highest BCUT2D eigenvalue weighted by molar-refractivity contribution is 5.46. The molecule has 0 aromatic carbocycles. The van der Waals surface area contributed by atoms with Crippen LogP contribution in [0.25, 0.3) is 0 Å². The molecule has 1 heterocycles. The molecule has 4 heteroatoms. The van der Waals surface area contributed by atoms with Gasteiger partial charge in [-0.3, -0.25) is 4.79 Å². The molecule has 0 aromatic rings. The summed E-state index contributed by atoms with van der Waals surface area (Å²) in [5.41, 5.74) is 0. The Labute approximate surface area is 59.6 Å². The fourth-order valence-corrected chi connectivity index (χ4v) is 1.12. The third kappa shape index (κ3) is 1.68. The highest BCUT2D eigenvalue weighted by Gasteiger charge is 2.21.